The van der Waals surface area contributed by atoms with Gasteiger partial charge in [0.1, 0.15) is 0 Å². The third kappa shape index (κ3) is 3.97. The van der Waals surface area contributed by atoms with E-state index in [-0.39, 0.29) is 6.03 Å². The molecule has 5 nitrogen and oxygen atoms in total. The van der Waals surface area contributed by atoms with E-state index in [4.69, 9.17) is 0 Å². The third-order valence-corrected chi connectivity index (χ3v) is 4.32. The molecule has 6 heteroatoms. The number of rotatable bonds is 5. The van der Waals surface area contributed by atoms with E-state index in [0.29, 0.717) is 18.2 Å². The van der Waals surface area contributed by atoms with E-state index >= 15 is 0 Å². The maximum atomic E-state index is 12.5. The van der Waals surface area contributed by atoms with Crippen LogP contribution in [0.15, 0.2) is 60.2 Å². The van der Waals surface area contributed by atoms with Crippen molar-refractivity contribution < 1.29 is 4.79 Å². The van der Waals surface area contributed by atoms with Crippen LogP contribution >= 0.6 is 11.3 Å². The van der Waals surface area contributed by atoms with Gasteiger partial charge in [0.2, 0.25) is 0 Å². The van der Waals surface area contributed by atoms with Crippen LogP contribution < -0.4 is 5.32 Å². The quantitative estimate of drug-likeness (QED) is 0.756. The summed E-state index contributed by atoms with van der Waals surface area (Å²) >= 11 is 1.41. The summed E-state index contributed by atoms with van der Waals surface area (Å²) in [6, 6.07) is 13.6. The number of aromatic nitrogens is 2. The second-order valence-electron chi connectivity index (χ2n) is 5.21. The zero-order chi connectivity index (χ0) is 16.8. The van der Waals surface area contributed by atoms with Crippen molar-refractivity contribution in [3.8, 4) is 11.3 Å². The van der Waals surface area contributed by atoms with Crippen LogP contribution in [-0.4, -0.2) is 27.4 Å². The lowest BCUT2D eigenvalue weighted by atomic mass is 10.2. The number of nitrogens with zero attached hydrogens (tertiary/aromatic N) is 3. The van der Waals surface area contributed by atoms with E-state index in [1.807, 2.05) is 54.8 Å². The molecule has 0 aliphatic rings. The van der Waals surface area contributed by atoms with Crippen molar-refractivity contribution in [2.75, 3.05) is 11.9 Å². The van der Waals surface area contributed by atoms with E-state index in [2.05, 4.69) is 15.3 Å². The molecule has 3 rings (SSSR count). The minimum atomic E-state index is -0.145. The Bertz CT molecular complexity index is 789. The summed E-state index contributed by atoms with van der Waals surface area (Å²) in [5.41, 5.74) is 2.85. The average molecular weight is 338 g/mol. The van der Waals surface area contributed by atoms with Gasteiger partial charge in [0.25, 0.3) is 0 Å². The normalized spacial score (nSPS) is 10.4. The van der Waals surface area contributed by atoms with Crippen LogP contribution in [0.1, 0.15) is 12.5 Å². The van der Waals surface area contributed by atoms with Crippen LogP contribution in [0.4, 0.5) is 9.93 Å². The number of hydrogen-bond acceptors (Lipinski definition) is 4. The van der Waals surface area contributed by atoms with Gasteiger partial charge in [-0.05, 0) is 24.6 Å². The number of carbonyl (C=O) groups is 1. The molecule has 2 heterocycles. The molecule has 24 heavy (non-hydrogen) atoms. The van der Waals surface area contributed by atoms with E-state index < -0.39 is 0 Å². The van der Waals surface area contributed by atoms with Crippen molar-refractivity contribution in [3.05, 3.63) is 65.8 Å². The molecule has 122 valence electrons. The van der Waals surface area contributed by atoms with E-state index in [1.165, 1.54) is 11.3 Å². The molecule has 0 aliphatic carbocycles. The smallest absolute Gasteiger partial charge is 0.320 e. The zero-order valence-corrected chi connectivity index (χ0v) is 14.2. The average Bonchev–Trinajstić information content (AvgIpc) is 3.09. The van der Waals surface area contributed by atoms with Gasteiger partial charge in [0.15, 0.2) is 5.13 Å². The predicted molar refractivity (Wildman–Crippen MR) is 96.9 cm³/mol. The Morgan fingerprint density at radius 3 is 2.75 bits per heavy atom. The number of benzene rings is 1. The van der Waals surface area contributed by atoms with Crippen molar-refractivity contribution in [1.82, 2.24) is 14.9 Å². The first-order valence-corrected chi connectivity index (χ1v) is 8.60. The Balaban J connectivity index is 1.66. The highest BCUT2D eigenvalue weighted by atomic mass is 32.1. The summed E-state index contributed by atoms with van der Waals surface area (Å²) in [7, 11) is 0. The Kier molecular flexibility index (Phi) is 5.18. The maximum Gasteiger partial charge on any atom is 0.323 e. The standard InChI is InChI=1S/C18H18N4OS/c1-2-22(12-14-7-4-3-5-8-14)18(23)21-17-20-16(13-24-17)15-9-6-10-19-11-15/h3-11,13H,2,12H2,1H3,(H,20,21,23). The van der Waals surface area contributed by atoms with Gasteiger partial charge < -0.3 is 4.90 Å². The summed E-state index contributed by atoms with van der Waals surface area (Å²) in [5, 5.41) is 5.38. The number of hydrogen-bond donors (Lipinski definition) is 1. The SMILES string of the molecule is CCN(Cc1ccccc1)C(=O)Nc1nc(-c2cccnc2)cs1. The Morgan fingerprint density at radius 1 is 1.21 bits per heavy atom. The fourth-order valence-electron chi connectivity index (χ4n) is 2.28. The van der Waals surface area contributed by atoms with Crippen LogP contribution in [-0.2, 0) is 6.54 Å². The maximum absolute atomic E-state index is 12.5. The number of amides is 2. The summed E-state index contributed by atoms with van der Waals surface area (Å²) < 4.78 is 0. The van der Waals surface area contributed by atoms with E-state index in [1.54, 1.807) is 17.3 Å². The lowest BCUT2D eigenvalue weighted by Gasteiger charge is -2.20. The van der Waals surface area contributed by atoms with Crippen LogP contribution in [0.25, 0.3) is 11.3 Å². The highest BCUT2D eigenvalue weighted by Crippen LogP contribution is 2.24. The van der Waals surface area contributed by atoms with Crippen LogP contribution in [0.3, 0.4) is 0 Å². The molecule has 2 aromatic heterocycles. The molecule has 0 unspecified atom stereocenters. The number of urea groups is 1. The number of thiazole rings is 1. The molecule has 3 aromatic rings. The molecule has 2 amide bonds. The molecule has 1 aromatic carbocycles. The Labute approximate surface area is 145 Å². The molecular formula is C18H18N4OS. The molecule has 0 fully saturated rings. The zero-order valence-electron chi connectivity index (χ0n) is 13.3. The van der Waals surface area contributed by atoms with E-state index in [0.717, 1.165) is 16.8 Å². The Hall–Kier alpha value is -2.73. The highest BCUT2D eigenvalue weighted by molar-refractivity contribution is 7.14. The monoisotopic (exact) mass is 338 g/mol. The number of nitrogens with one attached hydrogen (secondary N) is 1. The first-order chi connectivity index (χ1) is 11.8. The first-order valence-electron chi connectivity index (χ1n) is 7.72. The fourth-order valence-corrected chi connectivity index (χ4v) is 2.99. The van der Waals surface area contributed by atoms with Gasteiger partial charge in [-0.25, -0.2) is 9.78 Å². The highest BCUT2D eigenvalue weighted by Gasteiger charge is 2.14. The summed E-state index contributed by atoms with van der Waals surface area (Å²) in [6.07, 6.45) is 3.48. The van der Waals surface area contributed by atoms with Gasteiger partial charge in [-0.3, -0.25) is 10.3 Å². The number of pyridine rings is 1. The molecule has 1 N–H and O–H groups in total. The van der Waals surface area contributed by atoms with Crippen LogP contribution in [0, 0.1) is 0 Å². The summed E-state index contributed by atoms with van der Waals surface area (Å²) in [5.74, 6) is 0. The van der Waals surface area contributed by atoms with Crippen molar-refractivity contribution in [2.45, 2.75) is 13.5 Å². The van der Waals surface area contributed by atoms with Gasteiger partial charge in [-0.15, -0.1) is 11.3 Å². The lowest BCUT2D eigenvalue weighted by Crippen LogP contribution is -2.34. The predicted octanol–water partition coefficient (Wildman–Crippen LogP) is 4.26. The van der Waals surface area contributed by atoms with Crippen molar-refractivity contribution >= 4 is 22.5 Å². The summed E-state index contributed by atoms with van der Waals surface area (Å²) in [4.78, 5) is 22.8. The van der Waals surface area contributed by atoms with Crippen molar-refractivity contribution in [3.63, 3.8) is 0 Å². The molecule has 0 aliphatic heterocycles. The largest absolute Gasteiger partial charge is 0.323 e. The van der Waals surface area contributed by atoms with Gasteiger partial charge in [0, 0.05) is 36.4 Å². The van der Waals surface area contributed by atoms with Gasteiger partial charge >= 0.3 is 6.03 Å². The van der Waals surface area contributed by atoms with Crippen LogP contribution in [0.5, 0.6) is 0 Å². The molecule has 0 bridgehead atoms. The third-order valence-electron chi connectivity index (χ3n) is 3.56. The Morgan fingerprint density at radius 2 is 2.04 bits per heavy atom. The fraction of sp³-hybridized carbons (Fsp3) is 0.167. The van der Waals surface area contributed by atoms with E-state index in [9.17, 15) is 4.79 Å². The summed E-state index contributed by atoms with van der Waals surface area (Å²) in [6.45, 7) is 3.16. The molecule has 0 spiro atoms. The number of carbonyl (C=O) groups excluding carboxylic acids is 1. The second-order valence-corrected chi connectivity index (χ2v) is 6.07. The molecule has 0 atom stereocenters. The van der Waals surface area contributed by atoms with Gasteiger partial charge in [-0.1, -0.05) is 30.3 Å². The molecule has 0 saturated carbocycles. The first kappa shape index (κ1) is 16.1. The van der Waals surface area contributed by atoms with Crippen molar-refractivity contribution in [1.29, 1.82) is 0 Å². The van der Waals surface area contributed by atoms with Gasteiger partial charge in [0.05, 0.1) is 5.69 Å². The minimum absolute atomic E-state index is 0.145. The minimum Gasteiger partial charge on any atom is -0.320 e. The number of anilines is 1. The topological polar surface area (TPSA) is 58.1 Å². The second kappa shape index (κ2) is 7.70. The lowest BCUT2D eigenvalue weighted by molar-refractivity contribution is 0.212. The van der Waals surface area contributed by atoms with Crippen molar-refractivity contribution in [2.24, 2.45) is 0 Å². The molecule has 0 radical (unpaired) electrons. The molecular weight excluding hydrogens is 320 g/mol. The molecule has 0 saturated heterocycles. The van der Waals surface area contributed by atoms with Gasteiger partial charge in [-0.2, -0.15) is 0 Å². The van der Waals surface area contributed by atoms with Crippen LogP contribution in [0.2, 0.25) is 0 Å².